The third kappa shape index (κ3) is 7.94. The zero-order valence-corrected chi connectivity index (χ0v) is 29.5. The molecule has 0 spiro atoms. The molecule has 2 saturated carbocycles. The summed E-state index contributed by atoms with van der Waals surface area (Å²) in [5.74, 6) is 0.626. The Kier molecular flexibility index (Phi) is 12.4. The number of carboxylic acid groups (broad SMARTS) is 1. The van der Waals surface area contributed by atoms with Crippen LogP contribution in [0.5, 0.6) is 0 Å². The fourth-order valence-corrected chi connectivity index (χ4v) is 10.9. The molecule has 48 heavy (non-hydrogen) atoms. The summed E-state index contributed by atoms with van der Waals surface area (Å²) in [5.41, 5.74) is -0.746. The first-order chi connectivity index (χ1) is 23.1. The summed E-state index contributed by atoms with van der Waals surface area (Å²) in [6.07, 6.45) is 1.55. The lowest BCUT2D eigenvalue weighted by molar-refractivity contribution is -0.349. The highest BCUT2D eigenvalue weighted by molar-refractivity contribution is 8.76. The van der Waals surface area contributed by atoms with Gasteiger partial charge in [-0.3, -0.25) is 0 Å². The molecule has 6 rings (SSSR count). The number of aliphatic hydroxyl groups is 4. The minimum atomic E-state index is -1.91. The molecule has 270 valence electrons. The molecule has 5 unspecified atom stereocenters. The van der Waals surface area contributed by atoms with Gasteiger partial charge in [0.05, 0.1) is 43.0 Å². The second-order valence-electron chi connectivity index (χ2n) is 14.9. The molecule has 0 aromatic carbocycles. The van der Waals surface area contributed by atoms with Crippen LogP contribution in [0.3, 0.4) is 0 Å². The van der Waals surface area contributed by atoms with Gasteiger partial charge in [-0.25, -0.2) is 4.79 Å². The second kappa shape index (κ2) is 16.2. The molecule has 14 heteroatoms. The number of fused-ring (bicyclic) bond motifs is 2. The first-order valence-corrected chi connectivity index (χ1v) is 20.1. The minimum absolute atomic E-state index is 0.0392. The molecule has 0 aromatic rings. The Morgan fingerprint density at radius 1 is 1.08 bits per heavy atom. The summed E-state index contributed by atoms with van der Waals surface area (Å²) in [7, 11) is 3.10. The Hall–Kier alpha value is -0.910. The Bertz CT molecular complexity index is 1150. The van der Waals surface area contributed by atoms with Gasteiger partial charge in [-0.2, -0.15) is 0 Å². The molecule has 4 heterocycles. The highest BCUT2D eigenvalue weighted by atomic mass is 33.1. The van der Waals surface area contributed by atoms with E-state index in [1.54, 1.807) is 17.3 Å². The predicted octanol–water partition coefficient (Wildman–Crippen LogP) is 2.39. The van der Waals surface area contributed by atoms with Crippen molar-refractivity contribution < 1.29 is 49.3 Å². The number of carboxylic acids is 1. The summed E-state index contributed by atoms with van der Waals surface area (Å²) < 4.78 is 24.8. The molecule has 0 aromatic heterocycles. The summed E-state index contributed by atoms with van der Waals surface area (Å²) in [6, 6.07) is 0. The van der Waals surface area contributed by atoms with Crippen molar-refractivity contribution >= 4 is 33.8 Å². The minimum Gasteiger partial charge on any atom is -0.479 e. The van der Waals surface area contributed by atoms with Gasteiger partial charge in [0.1, 0.15) is 30.3 Å². The Morgan fingerprint density at radius 2 is 1.88 bits per heavy atom. The number of aliphatic carboxylic acids is 1. The average Bonchev–Trinajstić information content (AvgIpc) is 3.59. The fourth-order valence-electron chi connectivity index (χ4n) is 8.82. The van der Waals surface area contributed by atoms with E-state index in [4.69, 9.17) is 18.9 Å². The number of allylic oxidation sites excluding steroid dienone is 1. The van der Waals surface area contributed by atoms with Crippen LogP contribution in [-0.4, -0.2) is 124 Å². The highest BCUT2D eigenvalue weighted by Gasteiger charge is 2.59. The lowest BCUT2D eigenvalue weighted by atomic mass is 9.69. The van der Waals surface area contributed by atoms with Crippen molar-refractivity contribution in [2.75, 3.05) is 31.4 Å². The van der Waals surface area contributed by atoms with Crippen LogP contribution in [0, 0.1) is 42.1 Å². The number of hydrogen-bond acceptors (Lipinski definition) is 13. The molecule has 3 saturated heterocycles. The molecule has 0 bridgehead atoms. The van der Waals surface area contributed by atoms with Crippen LogP contribution in [0.25, 0.3) is 0 Å². The number of carbonyl (C=O) groups is 1. The van der Waals surface area contributed by atoms with Gasteiger partial charge < -0.3 is 49.8 Å². The number of nitrogens with zero attached hydrogens (tertiary/aromatic N) is 1. The Morgan fingerprint density at radius 3 is 2.58 bits per heavy atom. The third-order valence-corrected chi connectivity index (χ3v) is 13.8. The number of aliphatic hydroxyl groups excluding tert-OH is 3. The first-order valence-electron chi connectivity index (χ1n) is 17.6. The van der Waals surface area contributed by atoms with E-state index in [1.807, 2.05) is 12.3 Å². The molecule has 2 aliphatic carbocycles. The van der Waals surface area contributed by atoms with Crippen LogP contribution in [0.2, 0.25) is 0 Å². The number of β-amino-alcohol motifs (C(OH)–C–C–N with tert-alkyl or cyclic N) is 1. The largest absolute Gasteiger partial charge is 0.479 e. The SMILES string of the molecule is CC(C)[C@H]1CNC[C@@]2(O)[C@H](OC3CCC4C(C3)OCC(C3CCC(O)CC3)C4O)O[C@H](C(=O)O)[C@@H](O)[C@@H]2OCSSC[C@H]1C1=C[CH+]N=C1. The number of hydrogen-bond donors (Lipinski definition) is 6. The molecule has 0 radical (unpaired) electrons. The first kappa shape index (κ1) is 36.9. The molecule has 6 N–H and O–H groups in total. The van der Waals surface area contributed by atoms with Gasteiger partial charge in [0, 0.05) is 37.1 Å². The van der Waals surface area contributed by atoms with Crippen LogP contribution < -0.4 is 5.32 Å². The number of ether oxygens (including phenoxy) is 4. The van der Waals surface area contributed by atoms with Crippen molar-refractivity contribution in [3.05, 3.63) is 18.2 Å². The maximum absolute atomic E-state index is 12.4. The van der Waals surface area contributed by atoms with Crippen LogP contribution in [-0.2, 0) is 23.7 Å². The van der Waals surface area contributed by atoms with Gasteiger partial charge in [-0.1, -0.05) is 35.4 Å². The van der Waals surface area contributed by atoms with Crippen molar-refractivity contribution in [1.82, 2.24) is 5.32 Å². The molecule has 4 aliphatic heterocycles. The molecule has 0 amide bonds. The number of nitrogens with one attached hydrogen (secondary N) is 1. The molecule has 12 atom stereocenters. The lowest BCUT2D eigenvalue weighted by Gasteiger charge is -2.51. The summed E-state index contributed by atoms with van der Waals surface area (Å²) in [6.45, 7) is 7.11. The molecular formula is C34H53N2O10S2+. The zero-order valence-electron chi connectivity index (χ0n) is 27.8. The van der Waals surface area contributed by atoms with E-state index in [0.29, 0.717) is 44.2 Å². The van der Waals surface area contributed by atoms with Gasteiger partial charge >= 0.3 is 5.97 Å². The van der Waals surface area contributed by atoms with Crippen molar-refractivity contribution in [2.24, 2.45) is 40.5 Å². The Balaban J connectivity index is 1.17. The van der Waals surface area contributed by atoms with Gasteiger partial charge in [0.15, 0.2) is 24.2 Å². The molecule has 6 aliphatic rings. The van der Waals surface area contributed by atoms with Crippen LogP contribution in [0.15, 0.2) is 16.6 Å². The van der Waals surface area contributed by atoms with Gasteiger partial charge in [-0.05, 0) is 56.3 Å². The van der Waals surface area contributed by atoms with E-state index in [-0.39, 0.29) is 48.4 Å². The van der Waals surface area contributed by atoms with Crippen LogP contribution in [0.1, 0.15) is 58.8 Å². The standard InChI is InChI=1S/C34H52N2O10S2/c1-18(2)24-13-36-16-34(42)31(44-17-48-47-15-26(24)20-9-10-35-12-20)29(39)30(32(40)41)46-33(34)45-22-7-8-23-27(11-22)43-14-25(28(23)38)19-3-5-21(37)6-4-19/h9-10,12,18-19,21-31,33,36-39,42H,3-8,11,13-17H2,1-2H3/p+1/t19?,21?,22?,23?,24-,25?,26+,27?,28?,29-,30+,31+,33-,34+/m1/s1. The van der Waals surface area contributed by atoms with Gasteiger partial charge in [0.25, 0.3) is 0 Å². The van der Waals surface area contributed by atoms with Crippen molar-refractivity contribution in [2.45, 2.75) is 113 Å². The van der Waals surface area contributed by atoms with Crippen molar-refractivity contribution in [3.8, 4) is 0 Å². The van der Waals surface area contributed by atoms with E-state index in [9.17, 15) is 30.3 Å². The number of aliphatic imine (C=N–C) groups is 1. The van der Waals surface area contributed by atoms with E-state index < -0.39 is 48.4 Å². The van der Waals surface area contributed by atoms with Crippen LogP contribution in [0.4, 0.5) is 0 Å². The maximum atomic E-state index is 12.4. The van der Waals surface area contributed by atoms with Crippen LogP contribution >= 0.6 is 21.6 Å². The zero-order chi connectivity index (χ0) is 34.0. The molecule has 5 fully saturated rings. The fraction of sp³-hybridized carbons (Fsp3) is 0.853. The quantitative estimate of drug-likeness (QED) is 0.175. The van der Waals surface area contributed by atoms with E-state index in [2.05, 4.69) is 24.2 Å². The number of rotatable bonds is 6. The smallest absolute Gasteiger partial charge is 0.335 e. The summed E-state index contributed by atoms with van der Waals surface area (Å²) >= 11 is 0. The molecule has 12 nitrogen and oxygen atoms in total. The van der Waals surface area contributed by atoms with E-state index in [1.165, 1.54) is 10.8 Å². The predicted molar refractivity (Wildman–Crippen MR) is 182 cm³/mol. The van der Waals surface area contributed by atoms with E-state index >= 15 is 0 Å². The van der Waals surface area contributed by atoms with Crippen molar-refractivity contribution in [3.63, 3.8) is 0 Å². The third-order valence-electron chi connectivity index (χ3n) is 11.7. The summed E-state index contributed by atoms with van der Waals surface area (Å²) in [4.78, 5) is 16.6. The summed E-state index contributed by atoms with van der Waals surface area (Å²) in [5, 5.41) is 58.4. The Labute approximate surface area is 291 Å². The normalized spacial score (nSPS) is 46.0. The topological polar surface area (TPSA) is 180 Å². The highest BCUT2D eigenvalue weighted by Crippen LogP contribution is 2.44. The van der Waals surface area contributed by atoms with E-state index in [0.717, 1.165) is 37.0 Å². The van der Waals surface area contributed by atoms with Crippen molar-refractivity contribution in [1.29, 1.82) is 0 Å². The average molecular weight is 714 g/mol. The second-order valence-corrected chi connectivity index (χ2v) is 17.3. The van der Waals surface area contributed by atoms with Gasteiger partial charge in [-0.15, -0.1) is 4.99 Å². The monoisotopic (exact) mass is 713 g/mol. The van der Waals surface area contributed by atoms with Gasteiger partial charge in [0.2, 0.25) is 0 Å². The lowest BCUT2D eigenvalue weighted by Crippen LogP contribution is -2.72. The molecular weight excluding hydrogens is 661 g/mol. The maximum Gasteiger partial charge on any atom is 0.335 e.